The van der Waals surface area contributed by atoms with Crippen LogP contribution >= 0.6 is 46.4 Å². The normalized spacial score (nSPS) is 35.8. The Bertz CT molecular complexity index is 306. The average molecular weight is 262 g/mol. The minimum atomic E-state index is -0.964. The maximum absolute atomic E-state index is 5.88. The maximum atomic E-state index is 5.88. The van der Waals surface area contributed by atoms with Crippen molar-refractivity contribution >= 4 is 46.4 Å². The number of nitrogens with two attached hydrogens (primary N) is 2. The molecule has 74 valence electrons. The van der Waals surface area contributed by atoms with Crippen LogP contribution in [0, 0.1) is 0 Å². The molecule has 13 heavy (non-hydrogen) atoms. The van der Waals surface area contributed by atoms with Gasteiger partial charge >= 0.3 is 0 Å². The fourth-order valence-electron chi connectivity index (χ4n) is 0.974. The highest BCUT2D eigenvalue weighted by molar-refractivity contribution is 6.52. The van der Waals surface area contributed by atoms with E-state index in [9.17, 15) is 0 Å². The van der Waals surface area contributed by atoms with Gasteiger partial charge in [-0.1, -0.05) is 46.4 Å². The molecule has 0 aliphatic heterocycles. The molecule has 2 atom stereocenters. The molecule has 4 N–H and O–H groups in total. The first-order chi connectivity index (χ1) is 5.80. The summed E-state index contributed by atoms with van der Waals surface area (Å²) < 4.78 is 0. The van der Waals surface area contributed by atoms with E-state index in [-0.39, 0.29) is 20.1 Å². The van der Waals surface area contributed by atoms with Crippen LogP contribution in [0.4, 0.5) is 0 Å². The molecule has 1 rings (SSSR count). The Morgan fingerprint density at radius 1 is 1.15 bits per heavy atom. The Labute approximate surface area is 96.4 Å². The lowest BCUT2D eigenvalue weighted by Crippen LogP contribution is -2.55. The second kappa shape index (κ2) is 3.61. The van der Waals surface area contributed by atoms with Crippen molar-refractivity contribution in [2.75, 3.05) is 0 Å². The van der Waals surface area contributed by atoms with Crippen LogP contribution in [0.1, 0.15) is 6.92 Å². The minimum absolute atomic E-state index is 0.167. The Morgan fingerprint density at radius 3 is 2.08 bits per heavy atom. The molecule has 6 heteroatoms. The summed E-state index contributed by atoms with van der Waals surface area (Å²) in [6, 6.07) is -0.628. The monoisotopic (exact) mass is 260 g/mol. The van der Waals surface area contributed by atoms with E-state index in [4.69, 9.17) is 57.9 Å². The van der Waals surface area contributed by atoms with Crippen LogP contribution < -0.4 is 11.5 Å². The van der Waals surface area contributed by atoms with E-state index in [0.29, 0.717) is 0 Å². The molecular weight excluding hydrogens is 254 g/mol. The summed E-state index contributed by atoms with van der Waals surface area (Å²) in [5.41, 5.74) is 10.6. The van der Waals surface area contributed by atoms with E-state index >= 15 is 0 Å². The van der Waals surface area contributed by atoms with Crippen molar-refractivity contribution in [2.45, 2.75) is 18.5 Å². The lowest BCUT2D eigenvalue weighted by atomic mass is 9.89. The Kier molecular flexibility index (Phi) is 3.23. The fraction of sp³-hybridized carbons (Fsp3) is 0.429. The van der Waals surface area contributed by atoms with Crippen molar-refractivity contribution in [1.82, 2.24) is 0 Å². The Morgan fingerprint density at radius 2 is 1.62 bits per heavy atom. The van der Waals surface area contributed by atoms with Crippen LogP contribution in [-0.4, -0.2) is 11.6 Å². The summed E-state index contributed by atoms with van der Waals surface area (Å²) in [4.78, 5) is 0. The van der Waals surface area contributed by atoms with E-state index in [0.717, 1.165) is 0 Å². The number of hydrogen-bond donors (Lipinski definition) is 2. The van der Waals surface area contributed by atoms with Crippen LogP contribution in [0.2, 0.25) is 0 Å². The molecule has 0 spiro atoms. The smallest absolute Gasteiger partial charge is 0.0769 e. The molecule has 1 aliphatic rings. The third kappa shape index (κ3) is 1.72. The topological polar surface area (TPSA) is 52.0 Å². The highest BCUT2D eigenvalue weighted by Gasteiger charge is 2.40. The molecule has 0 bridgehead atoms. The molecule has 2 unspecified atom stereocenters. The lowest BCUT2D eigenvalue weighted by molar-refractivity contribution is 0.496. The zero-order valence-electron chi connectivity index (χ0n) is 6.74. The first-order valence-corrected chi connectivity index (χ1v) is 4.97. The highest BCUT2D eigenvalue weighted by atomic mass is 35.5. The Hall–Kier alpha value is 0.560. The van der Waals surface area contributed by atoms with Gasteiger partial charge in [-0.25, -0.2) is 0 Å². The maximum Gasteiger partial charge on any atom is 0.0769 e. The summed E-state index contributed by atoms with van der Waals surface area (Å²) in [5, 5.41) is 0.806. The predicted molar refractivity (Wildman–Crippen MR) is 58.0 cm³/mol. The van der Waals surface area contributed by atoms with E-state index in [2.05, 4.69) is 0 Å². The number of hydrogen-bond acceptors (Lipinski definition) is 2. The van der Waals surface area contributed by atoms with Crippen molar-refractivity contribution in [3.63, 3.8) is 0 Å². The van der Waals surface area contributed by atoms with Gasteiger partial charge in [-0.3, -0.25) is 0 Å². The van der Waals surface area contributed by atoms with Crippen molar-refractivity contribution < 1.29 is 0 Å². The molecule has 0 aromatic heterocycles. The first kappa shape index (κ1) is 11.6. The van der Waals surface area contributed by atoms with Crippen molar-refractivity contribution in [2.24, 2.45) is 11.5 Å². The standard InChI is InChI=1S/C7H8Cl4N2/c1-7(13)5(11)3(9)2(8)4(10)6(7)12/h6H,12-13H2,1H3. The van der Waals surface area contributed by atoms with Gasteiger partial charge in [-0.05, 0) is 6.92 Å². The fourth-order valence-corrected chi connectivity index (χ4v) is 2.12. The minimum Gasteiger partial charge on any atom is -0.321 e. The van der Waals surface area contributed by atoms with Crippen LogP contribution in [0.5, 0.6) is 0 Å². The highest BCUT2D eigenvalue weighted by Crippen LogP contribution is 2.42. The van der Waals surface area contributed by atoms with Gasteiger partial charge < -0.3 is 11.5 Å². The summed E-state index contributed by atoms with van der Waals surface area (Å²) in [6.07, 6.45) is 0. The van der Waals surface area contributed by atoms with Crippen LogP contribution in [0.25, 0.3) is 0 Å². The van der Waals surface area contributed by atoms with E-state index in [1.54, 1.807) is 6.92 Å². The molecule has 2 nitrogen and oxygen atoms in total. The second-order valence-corrected chi connectivity index (χ2v) is 4.59. The Balaban J connectivity index is 3.32. The third-order valence-corrected chi connectivity index (χ3v) is 4.07. The molecular formula is C7H8Cl4N2. The van der Waals surface area contributed by atoms with Gasteiger partial charge in [0.1, 0.15) is 0 Å². The zero-order chi connectivity index (χ0) is 10.4. The van der Waals surface area contributed by atoms with Gasteiger partial charge in [-0.2, -0.15) is 0 Å². The number of rotatable bonds is 0. The zero-order valence-corrected chi connectivity index (χ0v) is 9.77. The van der Waals surface area contributed by atoms with Crippen molar-refractivity contribution in [3.8, 4) is 0 Å². The molecule has 0 aromatic rings. The van der Waals surface area contributed by atoms with Gasteiger partial charge in [0.15, 0.2) is 0 Å². The molecule has 0 saturated heterocycles. The summed E-state index contributed by atoms with van der Waals surface area (Å²) in [5.74, 6) is 0. The van der Waals surface area contributed by atoms with Crippen molar-refractivity contribution in [1.29, 1.82) is 0 Å². The summed E-state index contributed by atoms with van der Waals surface area (Å²) in [7, 11) is 0. The second-order valence-electron chi connectivity index (χ2n) is 3.05. The quantitative estimate of drug-likeness (QED) is 0.704. The van der Waals surface area contributed by atoms with Crippen LogP contribution in [-0.2, 0) is 0 Å². The van der Waals surface area contributed by atoms with Gasteiger partial charge in [-0.15, -0.1) is 0 Å². The van der Waals surface area contributed by atoms with Gasteiger partial charge in [0.05, 0.1) is 31.7 Å². The molecule has 0 amide bonds. The SMILES string of the molecule is CC1(N)C(Cl)=C(Cl)C(Cl)=C(Cl)C1N. The molecule has 0 heterocycles. The van der Waals surface area contributed by atoms with Crippen LogP contribution in [0.3, 0.4) is 0 Å². The first-order valence-electron chi connectivity index (χ1n) is 3.46. The molecule has 0 radical (unpaired) electrons. The number of halogens is 4. The molecule has 0 saturated carbocycles. The van der Waals surface area contributed by atoms with E-state index in [1.165, 1.54) is 0 Å². The predicted octanol–water partition coefficient (Wildman–Crippen LogP) is 2.42. The lowest BCUT2D eigenvalue weighted by Gasteiger charge is -2.35. The van der Waals surface area contributed by atoms with Crippen LogP contribution in [0.15, 0.2) is 20.1 Å². The third-order valence-electron chi connectivity index (χ3n) is 1.99. The van der Waals surface area contributed by atoms with Crippen molar-refractivity contribution in [3.05, 3.63) is 20.1 Å². The van der Waals surface area contributed by atoms with Gasteiger partial charge in [0.25, 0.3) is 0 Å². The van der Waals surface area contributed by atoms with E-state index in [1.807, 2.05) is 0 Å². The van der Waals surface area contributed by atoms with Gasteiger partial charge in [0, 0.05) is 0 Å². The average Bonchev–Trinajstić information content (AvgIpc) is 2.09. The molecule has 0 aromatic carbocycles. The summed E-state index contributed by atoms with van der Waals surface area (Å²) in [6.45, 7) is 1.65. The largest absolute Gasteiger partial charge is 0.321 e. The van der Waals surface area contributed by atoms with E-state index < -0.39 is 11.6 Å². The van der Waals surface area contributed by atoms with Gasteiger partial charge in [0.2, 0.25) is 0 Å². The molecule has 1 aliphatic carbocycles. The number of allylic oxidation sites excluding steroid dienone is 2. The molecule has 0 fully saturated rings. The summed E-state index contributed by atoms with van der Waals surface area (Å²) >= 11 is 23.3.